The van der Waals surface area contributed by atoms with Gasteiger partial charge < -0.3 is 15.2 Å². The van der Waals surface area contributed by atoms with Crippen molar-refractivity contribution in [2.75, 3.05) is 26.3 Å². The predicted molar refractivity (Wildman–Crippen MR) is 75.2 cm³/mol. The molecule has 3 atom stereocenters. The quantitative estimate of drug-likeness (QED) is 0.758. The molecule has 3 aliphatic rings. The Morgan fingerprint density at radius 1 is 1.32 bits per heavy atom. The molecular formula is C15H28N2O2. The summed E-state index contributed by atoms with van der Waals surface area (Å²) in [5.41, 5.74) is -0.104. The molecule has 1 aliphatic heterocycles. The number of aliphatic hydroxyl groups excluding tert-OH is 1. The molecule has 0 aromatic heterocycles. The molecule has 4 nitrogen and oxygen atoms in total. The van der Waals surface area contributed by atoms with Crippen molar-refractivity contribution in [3.05, 3.63) is 0 Å². The number of fused-ring (bicyclic) bond motifs is 1. The Balaban J connectivity index is 1.52. The van der Waals surface area contributed by atoms with Gasteiger partial charge in [-0.15, -0.1) is 0 Å². The maximum Gasteiger partial charge on any atom is 0.0730 e. The van der Waals surface area contributed by atoms with E-state index in [1.165, 1.54) is 32.1 Å². The maximum absolute atomic E-state index is 9.67. The van der Waals surface area contributed by atoms with Gasteiger partial charge >= 0.3 is 0 Å². The third-order valence-corrected chi connectivity index (χ3v) is 5.03. The Bertz CT molecular complexity index is 309. The second-order valence-electron chi connectivity index (χ2n) is 6.83. The summed E-state index contributed by atoms with van der Waals surface area (Å²) in [6.45, 7) is 5.43. The molecule has 3 unspecified atom stereocenters. The summed E-state index contributed by atoms with van der Waals surface area (Å²) in [5, 5.41) is 13.3. The van der Waals surface area contributed by atoms with Crippen molar-refractivity contribution in [3.63, 3.8) is 0 Å². The first-order valence-corrected chi connectivity index (χ1v) is 7.94. The van der Waals surface area contributed by atoms with Crippen molar-refractivity contribution in [1.29, 1.82) is 0 Å². The predicted octanol–water partition coefficient (Wildman–Crippen LogP) is 1.13. The molecule has 2 N–H and O–H groups in total. The van der Waals surface area contributed by atoms with Crippen LogP contribution in [-0.4, -0.2) is 60.0 Å². The lowest BCUT2D eigenvalue weighted by Gasteiger charge is -2.40. The molecule has 110 valence electrons. The number of hydrogen-bond donors (Lipinski definition) is 2. The van der Waals surface area contributed by atoms with Crippen molar-refractivity contribution < 1.29 is 9.84 Å². The minimum atomic E-state index is -0.104. The van der Waals surface area contributed by atoms with Crippen LogP contribution in [0.4, 0.5) is 0 Å². The Hall–Kier alpha value is -0.160. The van der Waals surface area contributed by atoms with Gasteiger partial charge in [0.05, 0.1) is 19.3 Å². The lowest BCUT2D eigenvalue weighted by Crippen LogP contribution is -2.53. The third-order valence-electron chi connectivity index (χ3n) is 5.03. The first-order valence-electron chi connectivity index (χ1n) is 7.94. The Morgan fingerprint density at radius 2 is 2.16 bits per heavy atom. The van der Waals surface area contributed by atoms with E-state index >= 15 is 0 Å². The van der Waals surface area contributed by atoms with Crippen LogP contribution in [0.3, 0.4) is 0 Å². The molecule has 2 aliphatic carbocycles. The molecule has 1 heterocycles. The highest BCUT2D eigenvalue weighted by molar-refractivity contribution is 4.95. The van der Waals surface area contributed by atoms with E-state index in [1.807, 2.05) is 0 Å². The highest BCUT2D eigenvalue weighted by Crippen LogP contribution is 2.30. The Morgan fingerprint density at radius 3 is 2.89 bits per heavy atom. The molecule has 19 heavy (non-hydrogen) atoms. The first-order chi connectivity index (χ1) is 9.20. The average Bonchev–Trinajstić information content (AvgIpc) is 3.09. The second kappa shape index (κ2) is 5.68. The zero-order chi connectivity index (χ0) is 13.3. The molecule has 0 spiro atoms. The lowest BCUT2D eigenvalue weighted by atomic mass is 9.97. The van der Waals surface area contributed by atoms with Crippen molar-refractivity contribution in [1.82, 2.24) is 10.2 Å². The van der Waals surface area contributed by atoms with Crippen molar-refractivity contribution in [3.8, 4) is 0 Å². The summed E-state index contributed by atoms with van der Waals surface area (Å²) >= 11 is 0. The fourth-order valence-corrected chi connectivity index (χ4v) is 3.59. The number of morpholine rings is 1. The molecule has 0 aromatic rings. The molecule has 2 saturated carbocycles. The normalized spacial score (nSPS) is 35.1. The zero-order valence-corrected chi connectivity index (χ0v) is 12.1. The summed E-state index contributed by atoms with van der Waals surface area (Å²) in [7, 11) is 0. The largest absolute Gasteiger partial charge is 0.394 e. The molecule has 0 bridgehead atoms. The highest BCUT2D eigenvalue weighted by Gasteiger charge is 2.37. The van der Waals surface area contributed by atoms with Crippen LogP contribution in [0.1, 0.15) is 45.4 Å². The lowest BCUT2D eigenvalue weighted by molar-refractivity contribution is -0.0584. The molecule has 3 rings (SSSR count). The minimum absolute atomic E-state index is 0.104. The van der Waals surface area contributed by atoms with E-state index in [1.54, 1.807) is 0 Å². The van der Waals surface area contributed by atoms with E-state index < -0.39 is 0 Å². The fraction of sp³-hybridized carbons (Fsp3) is 1.00. The van der Waals surface area contributed by atoms with Gasteiger partial charge in [-0.05, 0) is 45.4 Å². The SMILES string of the molecule is CC(CO)(CCN1CCOC2CCCC21)NC1CC1. The van der Waals surface area contributed by atoms with Crippen LogP contribution < -0.4 is 5.32 Å². The Labute approximate surface area is 116 Å². The van der Waals surface area contributed by atoms with E-state index in [0.29, 0.717) is 18.2 Å². The summed E-state index contributed by atoms with van der Waals surface area (Å²) in [6.07, 6.45) is 7.89. The fourth-order valence-electron chi connectivity index (χ4n) is 3.59. The van der Waals surface area contributed by atoms with Gasteiger partial charge in [-0.2, -0.15) is 0 Å². The number of ether oxygens (including phenoxy) is 1. The minimum Gasteiger partial charge on any atom is -0.394 e. The average molecular weight is 268 g/mol. The molecule has 3 fully saturated rings. The summed E-state index contributed by atoms with van der Waals surface area (Å²) in [5.74, 6) is 0. The first kappa shape index (κ1) is 13.8. The molecule has 0 amide bonds. The zero-order valence-electron chi connectivity index (χ0n) is 12.1. The van der Waals surface area contributed by atoms with Gasteiger partial charge in [0.15, 0.2) is 0 Å². The summed E-state index contributed by atoms with van der Waals surface area (Å²) in [4.78, 5) is 2.60. The van der Waals surface area contributed by atoms with Crippen LogP contribution in [0, 0.1) is 0 Å². The summed E-state index contributed by atoms with van der Waals surface area (Å²) < 4.78 is 5.86. The number of hydrogen-bond acceptors (Lipinski definition) is 4. The van der Waals surface area contributed by atoms with Crippen LogP contribution in [0.25, 0.3) is 0 Å². The molecular weight excluding hydrogens is 240 g/mol. The van der Waals surface area contributed by atoms with Gasteiger partial charge in [-0.1, -0.05) is 0 Å². The Kier molecular flexibility index (Phi) is 4.13. The van der Waals surface area contributed by atoms with E-state index in [2.05, 4.69) is 17.1 Å². The van der Waals surface area contributed by atoms with Gasteiger partial charge in [0.2, 0.25) is 0 Å². The molecule has 1 saturated heterocycles. The second-order valence-corrected chi connectivity index (χ2v) is 6.83. The van der Waals surface area contributed by atoms with Crippen LogP contribution in [0.15, 0.2) is 0 Å². The van der Waals surface area contributed by atoms with Crippen molar-refractivity contribution in [2.24, 2.45) is 0 Å². The van der Waals surface area contributed by atoms with Crippen LogP contribution in [0.2, 0.25) is 0 Å². The number of nitrogens with one attached hydrogen (secondary N) is 1. The third kappa shape index (κ3) is 3.30. The van der Waals surface area contributed by atoms with E-state index in [-0.39, 0.29) is 12.1 Å². The van der Waals surface area contributed by atoms with Crippen LogP contribution in [0.5, 0.6) is 0 Å². The van der Waals surface area contributed by atoms with Gasteiger partial charge in [-0.3, -0.25) is 4.90 Å². The molecule has 4 heteroatoms. The number of nitrogens with zero attached hydrogens (tertiary/aromatic N) is 1. The number of aliphatic hydroxyl groups is 1. The topological polar surface area (TPSA) is 44.7 Å². The highest BCUT2D eigenvalue weighted by atomic mass is 16.5. The van der Waals surface area contributed by atoms with E-state index in [4.69, 9.17) is 4.74 Å². The van der Waals surface area contributed by atoms with Gasteiger partial charge in [-0.25, -0.2) is 0 Å². The van der Waals surface area contributed by atoms with Crippen molar-refractivity contribution >= 4 is 0 Å². The van der Waals surface area contributed by atoms with Gasteiger partial charge in [0.1, 0.15) is 0 Å². The standard InChI is InChI=1S/C15H28N2O2/c1-15(11-18,16-12-5-6-12)7-8-17-9-10-19-14-4-2-3-13(14)17/h12-14,16,18H,2-11H2,1H3. The number of rotatable bonds is 6. The smallest absolute Gasteiger partial charge is 0.0730 e. The summed E-state index contributed by atoms with van der Waals surface area (Å²) in [6, 6.07) is 1.29. The van der Waals surface area contributed by atoms with Crippen LogP contribution >= 0.6 is 0 Å². The van der Waals surface area contributed by atoms with E-state index in [9.17, 15) is 5.11 Å². The van der Waals surface area contributed by atoms with Gasteiger partial charge in [0.25, 0.3) is 0 Å². The monoisotopic (exact) mass is 268 g/mol. The molecule has 0 aromatic carbocycles. The van der Waals surface area contributed by atoms with Gasteiger partial charge in [0, 0.05) is 30.7 Å². The maximum atomic E-state index is 9.67. The van der Waals surface area contributed by atoms with Crippen molar-refractivity contribution in [2.45, 2.75) is 69.2 Å². The van der Waals surface area contributed by atoms with Crippen LogP contribution in [-0.2, 0) is 4.74 Å². The van der Waals surface area contributed by atoms with E-state index in [0.717, 1.165) is 26.1 Å². The molecule has 0 radical (unpaired) electrons.